The van der Waals surface area contributed by atoms with Crippen LogP contribution >= 0.6 is 0 Å². The van der Waals surface area contributed by atoms with Crippen LogP contribution in [-0.2, 0) is 4.74 Å². The number of benzene rings is 3. The van der Waals surface area contributed by atoms with Crippen LogP contribution < -0.4 is 4.74 Å². The predicted molar refractivity (Wildman–Crippen MR) is 133 cm³/mol. The van der Waals surface area contributed by atoms with E-state index in [-0.39, 0.29) is 24.1 Å². The molecule has 0 radical (unpaired) electrons. The molecule has 0 saturated carbocycles. The summed E-state index contributed by atoms with van der Waals surface area (Å²) in [5.74, 6) is 1.00. The number of hydrogen-bond donors (Lipinski definition) is 0. The van der Waals surface area contributed by atoms with E-state index in [1.165, 1.54) is 27.8 Å². The van der Waals surface area contributed by atoms with E-state index >= 15 is 0 Å². The summed E-state index contributed by atoms with van der Waals surface area (Å²) in [6.45, 7) is 1.05. The van der Waals surface area contributed by atoms with Gasteiger partial charge in [-0.25, -0.2) is 4.79 Å². The third-order valence-corrected chi connectivity index (χ3v) is 7.45. The molecule has 2 aliphatic heterocycles. The zero-order chi connectivity index (χ0) is 22.9. The van der Waals surface area contributed by atoms with Gasteiger partial charge in [0, 0.05) is 18.4 Å². The predicted octanol–water partition coefficient (Wildman–Crippen LogP) is 6.57. The second-order valence-corrected chi connectivity index (χ2v) is 9.45. The molecule has 3 aromatic carbocycles. The molecule has 172 valence electrons. The number of ether oxygens (including phenoxy) is 2. The fourth-order valence-electron chi connectivity index (χ4n) is 5.87. The van der Waals surface area contributed by atoms with Crippen LogP contribution in [-0.4, -0.2) is 36.3 Å². The first-order valence-corrected chi connectivity index (χ1v) is 12.3. The first-order chi connectivity index (χ1) is 16.8. The summed E-state index contributed by atoms with van der Waals surface area (Å²) in [7, 11) is 0. The zero-order valence-corrected chi connectivity index (χ0v) is 19.2. The number of para-hydroxylation sites is 1. The van der Waals surface area contributed by atoms with Crippen molar-refractivity contribution in [1.82, 2.24) is 4.90 Å². The Morgan fingerprint density at radius 3 is 2.24 bits per heavy atom. The van der Waals surface area contributed by atoms with Gasteiger partial charge in [-0.05, 0) is 53.6 Å². The molecule has 6 rings (SSSR count). The molecular formula is C30H29NO3. The maximum absolute atomic E-state index is 13.2. The minimum atomic E-state index is -0.176. The quantitative estimate of drug-likeness (QED) is 0.398. The van der Waals surface area contributed by atoms with E-state index in [1.54, 1.807) is 0 Å². The Bertz CT molecular complexity index is 1170. The Morgan fingerprint density at radius 1 is 0.853 bits per heavy atom. The van der Waals surface area contributed by atoms with Gasteiger partial charge in [0.05, 0.1) is 12.6 Å². The Balaban J connectivity index is 1.09. The molecule has 34 heavy (non-hydrogen) atoms. The molecule has 2 heterocycles. The standard InChI is InChI=1S/C30H29NO3/c32-30(34-20-29-27-12-6-4-10-25(27)26-11-5-7-13-28(26)29)31-22-14-15-23(31)19-21(18-22)16-17-33-24-8-2-1-3-9-24/h1-13,18,22-23,29H,14-17,19-20H2. The van der Waals surface area contributed by atoms with Crippen molar-refractivity contribution in [1.29, 1.82) is 0 Å². The normalized spacial score (nSPS) is 20.5. The number of hydrogen-bond acceptors (Lipinski definition) is 3. The van der Waals surface area contributed by atoms with Crippen LogP contribution in [0.2, 0.25) is 0 Å². The Morgan fingerprint density at radius 2 is 1.53 bits per heavy atom. The van der Waals surface area contributed by atoms with E-state index in [4.69, 9.17) is 9.47 Å². The molecular weight excluding hydrogens is 422 g/mol. The van der Waals surface area contributed by atoms with E-state index in [0.717, 1.165) is 31.4 Å². The second-order valence-electron chi connectivity index (χ2n) is 9.45. The Labute approximate surface area is 200 Å². The molecule has 2 bridgehead atoms. The molecule has 3 aromatic rings. The molecule has 1 amide bonds. The van der Waals surface area contributed by atoms with E-state index in [0.29, 0.717) is 13.2 Å². The van der Waals surface area contributed by atoms with Gasteiger partial charge >= 0.3 is 6.09 Å². The maximum atomic E-state index is 13.2. The third kappa shape index (κ3) is 3.87. The van der Waals surface area contributed by atoms with Gasteiger partial charge in [0.1, 0.15) is 12.4 Å². The van der Waals surface area contributed by atoms with Crippen molar-refractivity contribution < 1.29 is 14.3 Å². The van der Waals surface area contributed by atoms with Crippen LogP contribution in [0.15, 0.2) is 90.5 Å². The van der Waals surface area contributed by atoms with Gasteiger partial charge in [-0.15, -0.1) is 0 Å². The van der Waals surface area contributed by atoms with Gasteiger partial charge < -0.3 is 9.47 Å². The smallest absolute Gasteiger partial charge is 0.410 e. The van der Waals surface area contributed by atoms with E-state index in [2.05, 4.69) is 54.6 Å². The van der Waals surface area contributed by atoms with E-state index in [1.807, 2.05) is 35.2 Å². The molecule has 1 aliphatic carbocycles. The molecule has 2 atom stereocenters. The van der Waals surface area contributed by atoms with Crippen LogP contribution in [0.4, 0.5) is 4.79 Å². The van der Waals surface area contributed by atoms with Gasteiger partial charge in [-0.1, -0.05) is 78.4 Å². The Hall–Kier alpha value is -3.53. The summed E-state index contributed by atoms with van der Waals surface area (Å²) < 4.78 is 11.8. The van der Waals surface area contributed by atoms with Crippen LogP contribution in [0, 0.1) is 0 Å². The minimum absolute atomic E-state index is 0.0973. The average molecular weight is 452 g/mol. The first kappa shape index (κ1) is 21.0. The van der Waals surface area contributed by atoms with E-state index in [9.17, 15) is 4.79 Å². The minimum Gasteiger partial charge on any atom is -0.493 e. The molecule has 0 N–H and O–H groups in total. The van der Waals surface area contributed by atoms with Crippen LogP contribution in [0.5, 0.6) is 5.75 Å². The van der Waals surface area contributed by atoms with Crippen molar-refractivity contribution in [2.24, 2.45) is 0 Å². The lowest BCUT2D eigenvalue weighted by Crippen LogP contribution is -2.43. The van der Waals surface area contributed by atoms with Crippen molar-refractivity contribution >= 4 is 6.09 Å². The number of carbonyl (C=O) groups is 1. The number of carbonyl (C=O) groups excluding carboxylic acids is 1. The highest BCUT2D eigenvalue weighted by Gasteiger charge is 2.41. The van der Waals surface area contributed by atoms with Gasteiger partial charge in [-0.2, -0.15) is 0 Å². The summed E-state index contributed by atoms with van der Waals surface area (Å²) in [5, 5.41) is 0. The van der Waals surface area contributed by atoms with Crippen LogP contribution in [0.1, 0.15) is 42.7 Å². The number of rotatable bonds is 6. The van der Waals surface area contributed by atoms with Crippen molar-refractivity contribution in [3.05, 3.63) is 102 Å². The zero-order valence-electron chi connectivity index (χ0n) is 19.2. The topological polar surface area (TPSA) is 38.8 Å². The number of nitrogens with zero attached hydrogens (tertiary/aromatic N) is 1. The first-order valence-electron chi connectivity index (χ1n) is 12.3. The number of fused-ring (bicyclic) bond motifs is 5. The molecule has 2 unspecified atom stereocenters. The third-order valence-electron chi connectivity index (χ3n) is 7.45. The van der Waals surface area contributed by atoms with Crippen molar-refractivity contribution in [2.45, 2.75) is 43.7 Å². The maximum Gasteiger partial charge on any atom is 0.410 e. The highest BCUT2D eigenvalue weighted by Crippen LogP contribution is 2.45. The molecule has 3 aliphatic rings. The Kier molecular flexibility index (Phi) is 5.58. The van der Waals surface area contributed by atoms with E-state index < -0.39 is 0 Å². The molecule has 4 heteroatoms. The van der Waals surface area contributed by atoms with Crippen molar-refractivity contribution in [2.75, 3.05) is 13.2 Å². The molecule has 4 nitrogen and oxygen atoms in total. The highest BCUT2D eigenvalue weighted by molar-refractivity contribution is 5.79. The largest absolute Gasteiger partial charge is 0.493 e. The van der Waals surface area contributed by atoms with Crippen LogP contribution in [0.25, 0.3) is 11.1 Å². The molecule has 0 aromatic heterocycles. The monoisotopic (exact) mass is 451 g/mol. The van der Waals surface area contributed by atoms with Gasteiger partial charge in [0.2, 0.25) is 0 Å². The van der Waals surface area contributed by atoms with Gasteiger partial charge in [0.25, 0.3) is 0 Å². The summed E-state index contributed by atoms with van der Waals surface area (Å²) in [6.07, 6.45) is 5.97. The lowest BCUT2D eigenvalue weighted by molar-refractivity contribution is 0.0847. The summed E-state index contributed by atoms with van der Waals surface area (Å²) >= 11 is 0. The number of amides is 1. The summed E-state index contributed by atoms with van der Waals surface area (Å²) in [5.41, 5.74) is 6.40. The molecule has 0 spiro atoms. The average Bonchev–Trinajstić information content (AvgIpc) is 3.34. The fourth-order valence-corrected chi connectivity index (χ4v) is 5.87. The summed E-state index contributed by atoms with van der Waals surface area (Å²) in [4.78, 5) is 15.2. The van der Waals surface area contributed by atoms with Gasteiger partial charge in [0.15, 0.2) is 0 Å². The lowest BCUT2D eigenvalue weighted by Gasteiger charge is -2.33. The van der Waals surface area contributed by atoms with Crippen molar-refractivity contribution in [3.63, 3.8) is 0 Å². The second kappa shape index (κ2) is 9.02. The van der Waals surface area contributed by atoms with Crippen LogP contribution in [0.3, 0.4) is 0 Å². The highest BCUT2D eigenvalue weighted by atomic mass is 16.6. The summed E-state index contributed by atoms with van der Waals surface area (Å²) in [6, 6.07) is 27.2. The van der Waals surface area contributed by atoms with Gasteiger partial charge in [-0.3, -0.25) is 4.90 Å². The van der Waals surface area contributed by atoms with Crippen molar-refractivity contribution in [3.8, 4) is 16.9 Å². The SMILES string of the molecule is O=C(OCC1c2ccccc2-c2ccccc21)N1C2C=C(CCOc3ccccc3)CC1CC2. The molecule has 1 saturated heterocycles. The fraction of sp³-hybridized carbons (Fsp3) is 0.300. The molecule has 1 fully saturated rings. The lowest BCUT2D eigenvalue weighted by atomic mass is 9.98.